The van der Waals surface area contributed by atoms with Gasteiger partial charge in [-0.05, 0) is 37.9 Å². The molecule has 2 N–H and O–H groups in total. The normalized spacial score (nSPS) is 22.6. The van der Waals surface area contributed by atoms with E-state index in [1.807, 2.05) is 13.8 Å². The van der Waals surface area contributed by atoms with Crippen LogP contribution in [0.5, 0.6) is 0 Å². The maximum Gasteiger partial charge on any atom is 0.225 e. The van der Waals surface area contributed by atoms with Gasteiger partial charge in [0, 0.05) is 18.0 Å². The topological polar surface area (TPSA) is 72.1 Å². The van der Waals surface area contributed by atoms with Crippen LogP contribution in [0.2, 0.25) is 5.28 Å². The number of carbonyl (C=O) groups is 1. The quantitative estimate of drug-likeness (QED) is 0.864. The van der Waals surface area contributed by atoms with E-state index in [0.717, 1.165) is 33.9 Å². The summed E-state index contributed by atoms with van der Waals surface area (Å²) in [5, 5.41) is 1.23. The molecule has 20 heavy (non-hydrogen) atoms. The first-order valence-corrected chi connectivity index (χ1v) is 7.57. The van der Waals surface area contributed by atoms with Gasteiger partial charge in [-0.25, -0.2) is 4.98 Å². The van der Waals surface area contributed by atoms with Gasteiger partial charge in [-0.3, -0.25) is 4.79 Å². The molecule has 5 nitrogen and oxygen atoms in total. The number of aromatic nitrogens is 2. The Morgan fingerprint density at radius 3 is 2.95 bits per heavy atom. The van der Waals surface area contributed by atoms with Crippen LogP contribution in [0.15, 0.2) is 6.07 Å². The van der Waals surface area contributed by atoms with Crippen molar-refractivity contribution in [1.82, 2.24) is 9.97 Å². The van der Waals surface area contributed by atoms with Crippen LogP contribution >= 0.6 is 22.9 Å². The van der Waals surface area contributed by atoms with Gasteiger partial charge in [0.25, 0.3) is 0 Å². The summed E-state index contributed by atoms with van der Waals surface area (Å²) in [6, 6.07) is 2.06. The number of rotatable bonds is 2. The zero-order valence-electron chi connectivity index (χ0n) is 11.3. The van der Waals surface area contributed by atoms with Crippen LogP contribution in [-0.4, -0.2) is 29.0 Å². The van der Waals surface area contributed by atoms with Gasteiger partial charge >= 0.3 is 0 Å². The molecule has 0 aromatic carbocycles. The van der Waals surface area contributed by atoms with Crippen LogP contribution in [0, 0.1) is 12.3 Å². The second-order valence-corrected chi connectivity index (χ2v) is 7.06. The fraction of sp³-hybridized carbons (Fsp3) is 0.462. The Labute approximate surface area is 125 Å². The van der Waals surface area contributed by atoms with Crippen LogP contribution in [-0.2, 0) is 4.79 Å². The number of anilines is 1. The molecule has 1 saturated heterocycles. The van der Waals surface area contributed by atoms with Crippen molar-refractivity contribution in [3.8, 4) is 0 Å². The molecule has 1 aliphatic heterocycles. The number of nitrogens with two attached hydrogens (primary N) is 1. The van der Waals surface area contributed by atoms with Gasteiger partial charge < -0.3 is 10.6 Å². The van der Waals surface area contributed by atoms with Crippen molar-refractivity contribution in [3.63, 3.8) is 0 Å². The minimum atomic E-state index is -0.505. The number of primary amides is 1. The Morgan fingerprint density at radius 2 is 2.30 bits per heavy atom. The van der Waals surface area contributed by atoms with Crippen LogP contribution in [0.25, 0.3) is 10.2 Å². The molecule has 0 bridgehead atoms. The zero-order chi connectivity index (χ0) is 14.5. The lowest BCUT2D eigenvalue weighted by Gasteiger charge is -2.22. The summed E-state index contributed by atoms with van der Waals surface area (Å²) in [7, 11) is 0. The van der Waals surface area contributed by atoms with Crippen molar-refractivity contribution < 1.29 is 4.79 Å². The molecular formula is C13H15ClN4OS. The number of aryl methyl sites for hydroxylation is 1. The fourth-order valence-electron chi connectivity index (χ4n) is 2.59. The number of halogens is 1. The van der Waals surface area contributed by atoms with Gasteiger partial charge in [0.05, 0.1) is 10.8 Å². The van der Waals surface area contributed by atoms with E-state index in [-0.39, 0.29) is 11.2 Å². The summed E-state index contributed by atoms with van der Waals surface area (Å²) in [5.41, 5.74) is 4.99. The Hall–Kier alpha value is -1.40. The smallest absolute Gasteiger partial charge is 0.225 e. The molecule has 0 radical (unpaired) electrons. The minimum Gasteiger partial charge on any atom is -0.369 e. The highest BCUT2D eigenvalue weighted by Crippen LogP contribution is 2.37. The van der Waals surface area contributed by atoms with E-state index in [0.29, 0.717) is 6.54 Å². The largest absolute Gasteiger partial charge is 0.369 e. The molecule has 1 amide bonds. The molecule has 1 fully saturated rings. The predicted molar refractivity (Wildman–Crippen MR) is 81.3 cm³/mol. The molecule has 1 unspecified atom stereocenters. The maximum absolute atomic E-state index is 11.6. The molecular weight excluding hydrogens is 296 g/mol. The molecule has 1 atom stereocenters. The molecule has 3 heterocycles. The number of nitrogens with zero attached hydrogens (tertiary/aromatic N) is 3. The van der Waals surface area contributed by atoms with Gasteiger partial charge in [0.15, 0.2) is 0 Å². The average Bonchev–Trinajstić information content (AvgIpc) is 2.91. The van der Waals surface area contributed by atoms with E-state index in [4.69, 9.17) is 17.3 Å². The van der Waals surface area contributed by atoms with Crippen molar-refractivity contribution in [2.45, 2.75) is 20.3 Å². The summed E-state index contributed by atoms with van der Waals surface area (Å²) in [4.78, 5) is 24.3. The number of carbonyl (C=O) groups excluding carboxylic acids is 1. The van der Waals surface area contributed by atoms with E-state index >= 15 is 0 Å². The molecule has 7 heteroatoms. The Kier molecular flexibility index (Phi) is 3.10. The predicted octanol–water partition coefficient (Wildman–Crippen LogP) is 2.35. The van der Waals surface area contributed by atoms with E-state index in [2.05, 4.69) is 20.9 Å². The lowest BCUT2D eigenvalue weighted by molar-refractivity contribution is -0.125. The van der Waals surface area contributed by atoms with Crippen LogP contribution in [0.4, 0.5) is 5.82 Å². The molecule has 0 aliphatic carbocycles. The Bertz CT molecular complexity index is 701. The standard InChI is InChI=1S/C13H15ClN4OS/c1-7-5-8-9(16-12(14)17-10(8)20-7)18-4-3-13(2,6-18)11(15)19/h5H,3-4,6H2,1-2H3,(H2,15,19). The van der Waals surface area contributed by atoms with Crippen molar-refractivity contribution in [3.05, 3.63) is 16.2 Å². The third-order valence-corrected chi connectivity index (χ3v) is 4.95. The Balaban J connectivity index is 2.05. The highest BCUT2D eigenvalue weighted by molar-refractivity contribution is 7.18. The molecule has 0 saturated carbocycles. The van der Waals surface area contributed by atoms with Gasteiger partial charge in [0.1, 0.15) is 10.6 Å². The van der Waals surface area contributed by atoms with Crippen molar-refractivity contribution in [1.29, 1.82) is 0 Å². The SMILES string of the molecule is Cc1cc2c(N3CCC(C)(C(N)=O)C3)nc(Cl)nc2s1. The summed E-state index contributed by atoms with van der Waals surface area (Å²) in [5.74, 6) is 0.534. The first-order valence-electron chi connectivity index (χ1n) is 6.37. The van der Waals surface area contributed by atoms with E-state index in [1.165, 1.54) is 0 Å². The third-order valence-electron chi connectivity index (χ3n) is 3.84. The number of fused-ring (bicyclic) bond motifs is 1. The minimum absolute atomic E-state index is 0.238. The molecule has 1 aliphatic rings. The zero-order valence-corrected chi connectivity index (χ0v) is 12.9. The van der Waals surface area contributed by atoms with Gasteiger partial charge in [-0.15, -0.1) is 11.3 Å². The Morgan fingerprint density at radius 1 is 1.55 bits per heavy atom. The maximum atomic E-state index is 11.6. The highest BCUT2D eigenvalue weighted by atomic mass is 35.5. The van der Waals surface area contributed by atoms with E-state index < -0.39 is 5.41 Å². The monoisotopic (exact) mass is 310 g/mol. The van der Waals surface area contributed by atoms with E-state index in [1.54, 1.807) is 11.3 Å². The van der Waals surface area contributed by atoms with Crippen LogP contribution in [0.3, 0.4) is 0 Å². The number of hydrogen-bond donors (Lipinski definition) is 1. The number of thiophene rings is 1. The van der Waals surface area contributed by atoms with Gasteiger partial charge in [-0.1, -0.05) is 0 Å². The van der Waals surface area contributed by atoms with E-state index in [9.17, 15) is 4.79 Å². The second kappa shape index (κ2) is 4.56. The third kappa shape index (κ3) is 2.13. The summed E-state index contributed by atoms with van der Waals surface area (Å²) >= 11 is 7.60. The molecule has 3 rings (SSSR count). The first-order chi connectivity index (χ1) is 9.39. The highest BCUT2D eigenvalue weighted by Gasteiger charge is 2.40. The van der Waals surface area contributed by atoms with Crippen molar-refractivity contribution in [2.24, 2.45) is 11.1 Å². The van der Waals surface area contributed by atoms with Gasteiger partial charge in [0.2, 0.25) is 11.2 Å². The molecule has 2 aromatic rings. The second-order valence-electron chi connectivity index (χ2n) is 5.49. The van der Waals surface area contributed by atoms with Crippen LogP contribution in [0.1, 0.15) is 18.2 Å². The van der Waals surface area contributed by atoms with Crippen LogP contribution < -0.4 is 10.6 Å². The van der Waals surface area contributed by atoms with Crippen molar-refractivity contribution >= 4 is 44.9 Å². The first kappa shape index (κ1) is 13.6. The summed E-state index contributed by atoms with van der Waals surface area (Å²) in [6.07, 6.45) is 0.731. The summed E-state index contributed by atoms with van der Waals surface area (Å²) in [6.45, 7) is 5.24. The molecule has 0 spiro atoms. The average molecular weight is 311 g/mol. The number of hydrogen-bond acceptors (Lipinski definition) is 5. The lowest BCUT2D eigenvalue weighted by atomic mass is 9.89. The molecule has 106 valence electrons. The fourth-order valence-corrected chi connectivity index (χ4v) is 3.67. The summed E-state index contributed by atoms with van der Waals surface area (Å²) < 4.78 is 0. The van der Waals surface area contributed by atoms with Gasteiger partial charge in [-0.2, -0.15) is 4.98 Å². The molecule has 2 aromatic heterocycles. The number of amides is 1. The van der Waals surface area contributed by atoms with Crippen molar-refractivity contribution in [2.75, 3.05) is 18.0 Å². The lowest BCUT2D eigenvalue weighted by Crippen LogP contribution is -2.37.